The van der Waals surface area contributed by atoms with Gasteiger partial charge in [-0.2, -0.15) is 0 Å². The molecule has 0 heterocycles. The van der Waals surface area contributed by atoms with E-state index < -0.39 is 23.7 Å². The third kappa shape index (κ3) is 3.74. The zero-order chi connectivity index (χ0) is 16.3. The summed E-state index contributed by atoms with van der Waals surface area (Å²) in [6.07, 6.45) is 1.94. The fourth-order valence-corrected chi connectivity index (χ4v) is 2.70. The van der Waals surface area contributed by atoms with Gasteiger partial charge in [-0.05, 0) is 31.9 Å². The lowest BCUT2D eigenvalue weighted by Gasteiger charge is -2.29. The predicted octanol–water partition coefficient (Wildman–Crippen LogP) is 1.73. The van der Waals surface area contributed by atoms with E-state index in [-0.39, 0.29) is 18.6 Å². The van der Waals surface area contributed by atoms with Gasteiger partial charge in [0.05, 0.1) is 5.92 Å². The van der Waals surface area contributed by atoms with Gasteiger partial charge in [0.15, 0.2) is 5.78 Å². The molecule has 22 heavy (non-hydrogen) atoms. The highest BCUT2D eigenvalue weighted by Gasteiger charge is 2.32. The number of carbonyl (C=O) groups is 3. The van der Waals surface area contributed by atoms with Gasteiger partial charge in [-0.15, -0.1) is 0 Å². The molecule has 0 unspecified atom stereocenters. The van der Waals surface area contributed by atoms with Gasteiger partial charge in [0, 0.05) is 28.2 Å². The minimum Gasteiger partial charge on any atom is -0.550 e. The van der Waals surface area contributed by atoms with Gasteiger partial charge in [-0.25, -0.2) is 0 Å². The van der Waals surface area contributed by atoms with Gasteiger partial charge >= 0.3 is 0 Å². The Kier molecular flexibility index (Phi) is 4.98. The number of aliphatic carboxylic acids is 1. The molecule has 1 N–H and O–H groups in total. The van der Waals surface area contributed by atoms with Crippen molar-refractivity contribution < 1.29 is 19.5 Å². The van der Waals surface area contributed by atoms with E-state index in [0.29, 0.717) is 16.3 Å². The highest BCUT2D eigenvalue weighted by Crippen LogP contribution is 2.32. The summed E-state index contributed by atoms with van der Waals surface area (Å²) in [6.45, 7) is 1.43. The normalized spacial score (nSPS) is 20.9. The van der Waals surface area contributed by atoms with Crippen LogP contribution in [-0.4, -0.2) is 17.7 Å². The van der Waals surface area contributed by atoms with Crippen LogP contribution >= 0.6 is 11.6 Å². The zero-order valence-electron chi connectivity index (χ0n) is 12.0. The van der Waals surface area contributed by atoms with Crippen molar-refractivity contribution in [3.05, 3.63) is 40.9 Å². The first-order valence-corrected chi connectivity index (χ1v) is 7.23. The Morgan fingerprint density at radius 1 is 1.27 bits per heavy atom. The molecule has 2 rings (SSSR count). The summed E-state index contributed by atoms with van der Waals surface area (Å²) in [4.78, 5) is 34.8. The second kappa shape index (κ2) is 6.75. The largest absolute Gasteiger partial charge is 0.550 e. The van der Waals surface area contributed by atoms with Gasteiger partial charge in [0.1, 0.15) is 0 Å². The molecule has 0 saturated heterocycles. The molecule has 0 aliphatic heterocycles. The highest BCUT2D eigenvalue weighted by molar-refractivity contribution is 6.29. The number of allylic oxidation sites excluding steroid dienone is 2. The summed E-state index contributed by atoms with van der Waals surface area (Å²) < 4.78 is 0. The molecule has 1 aromatic rings. The molecule has 116 valence electrons. The van der Waals surface area contributed by atoms with E-state index in [9.17, 15) is 19.5 Å². The molecule has 0 aromatic heterocycles. The molecule has 0 saturated carbocycles. The van der Waals surface area contributed by atoms with E-state index in [1.54, 1.807) is 30.3 Å². The molecule has 6 heteroatoms. The van der Waals surface area contributed by atoms with E-state index in [1.807, 2.05) is 0 Å². The van der Waals surface area contributed by atoms with Crippen molar-refractivity contribution in [2.24, 2.45) is 11.8 Å². The molecule has 1 aliphatic rings. The summed E-state index contributed by atoms with van der Waals surface area (Å²) in [5, 5.41) is 14.3. The molecule has 5 nitrogen and oxygen atoms in total. The Morgan fingerprint density at radius 3 is 2.64 bits per heavy atom. The summed E-state index contributed by atoms with van der Waals surface area (Å²) in [7, 11) is 0. The smallest absolute Gasteiger partial charge is 0.228 e. The van der Waals surface area contributed by atoms with Crippen molar-refractivity contribution in [3.63, 3.8) is 0 Å². The lowest BCUT2D eigenvalue weighted by atomic mass is 9.82. The van der Waals surface area contributed by atoms with Crippen LogP contribution in [0, 0.1) is 11.8 Å². The summed E-state index contributed by atoms with van der Waals surface area (Å²) >= 11 is 5.92. The number of Topliss-reactive ketones (excluding diaryl/α,β-unsaturated/α-hetero) is 1. The number of ketones is 1. The molecule has 0 radical (unpaired) electrons. The quantitative estimate of drug-likeness (QED) is 0.856. The van der Waals surface area contributed by atoms with Crippen molar-refractivity contribution in [2.45, 2.75) is 19.8 Å². The molecule has 1 aliphatic carbocycles. The van der Waals surface area contributed by atoms with Gasteiger partial charge < -0.3 is 15.2 Å². The number of hydrogen-bond acceptors (Lipinski definition) is 4. The molecule has 2 atom stereocenters. The van der Waals surface area contributed by atoms with Gasteiger partial charge in [-0.1, -0.05) is 29.8 Å². The van der Waals surface area contributed by atoms with Gasteiger partial charge in [0.2, 0.25) is 5.91 Å². The standard InChI is InChI=1S/C16H16ClNO4/c1-9(19)10-3-2-4-12(7-10)18-15(20)14-8-11(17)5-6-13(14)16(21)22/h2-5,7,13-14H,6,8H2,1H3,(H,18,20)(H,21,22)/p-1/t13-,14+/m1/s1. The molecule has 0 spiro atoms. The maximum Gasteiger partial charge on any atom is 0.228 e. The van der Waals surface area contributed by atoms with E-state index >= 15 is 0 Å². The number of rotatable bonds is 4. The number of carboxylic acids is 1. The molecular weight excluding hydrogens is 306 g/mol. The van der Waals surface area contributed by atoms with E-state index in [0.717, 1.165) is 0 Å². The van der Waals surface area contributed by atoms with Crippen LogP contribution in [0.3, 0.4) is 0 Å². The zero-order valence-corrected chi connectivity index (χ0v) is 12.7. The molecular formula is C16H15ClNO4-. The number of anilines is 1. The number of hydrogen-bond donors (Lipinski definition) is 1. The predicted molar refractivity (Wildman–Crippen MR) is 80.2 cm³/mol. The van der Waals surface area contributed by atoms with Gasteiger partial charge in [0.25, 0.3) is 0 Å². The lowest BCUT2D eigenvalue weighted by Crippen LogP contribution is -2.42. The second-order valence-electron chi connectivity index (χ2n) is 5.25. The first-order valence-electron chi connectivity index (χ1n) is 6.85. The Labute approximate surface area is 133 Å². The Morgan fingerprint density at radius 2 is 2.00 bits per heavy atom. The van der Waals surface area contributed by atoms with Crippen LogP contribution in [-0.2, 0) is 9.59 Å². The third-order valence-corrected chi connectivity index (χ3v) is 3.98. The van der Waals surface area contributed by atoms with Crippen molar-refractivity contribution in [1.29, 1.82) is 0 Å². The average molecular weight is 321 g/mol. The fourth-order valence-electron chi connectivity index (χ4n) is 2.44. The third-order valence-electron chi connectivity index (χ3n) is 3.67. The Hall–Kier alpha value is -2.14. The number of carbonyl (C=O) groups excluding carboxylic acids is 3. The van der Waals surface area contributed by atoms with Crippen LogP contribution < -0.4 is 10.4 Å². The maximum absolute atomic E-state index is 12.3. The van der Waals surface area contributed by atoms with E-state index in [2.05, 4.69) is 5.32 Å². The van der Waals surface area contributed by atoms with Crippen LogP contribution in [0.1, 0.15) is 30.1 Å². The lowest BCUT2D eigenvalue weighted by molar-refractivity contribution is -0.313. The average Bonchev–Trinajstić information content (AvgIpc) is 2.47. The van der Waals surface area contributed by atoms with Crippen LogP contribution in [0.15, 0.2) is 35.4 Å². The summed E-state index contributed by atoms with van der Waals surface area (Å²) in [5.41, 5.74) is 0.913. The van der Waals surface area contributed by atoms with Crippen LogP contribution in [0.5, 0.6) is 0 Å². The van der Waals surface area contributed by atoms with E-state index in [4.69, 9.17) is 11.6 Å². The fraction of sp³-hybridized carbons (Fsp3) is 0.312. The second-order valence-corrected chi connectivity index (χ2v) is 5.73. The first-order chi connectivity index (χ1) is 10.4. The first kappa shape index (κ1) is 16.2. The van der Waals surface area contributed by atoms with Crippen molar-refractivity contribution >= 4 is 34.9 Å². The summed E-state index contributed by atoms with van der Waals surface area (Å²) in [5.74, 6) is -3.52. The molecule has 0 fully saturated rings. The monoisotopic (exact) mass is 320 g/mol. The highest BCUT2D eigenvalue weighted by atomic mass is 35.5. The molecule has 1 aromatic carbocycles. The number of amides is 1. The molecule has 1 amide bonds. The minimum atomic E-state index is -1.27. The topological polar surface area (TPSA) is 86.3 Å². The minimum absolute atomic E-state index is 0.118. The SMILES string of the molecule is CC(=O)c1cccc(NC(=O)[C@H]2CC(Cl)=CC[C@H]2C(=O)[O-])c1. The van der Waals surface area contributed by atoms with Crippen LogP contribution in [0.4, 0.5) is 5.69 Å². The van der Waals surface area contributed by atoms with Crippen molar-refractivity contribution in [2.75, 3.05) is 5.32 Å². The van der Waals surface area contributed by atoms with Crippen LogP contribution in [0.2, 0.25) is 0 Å². The Bertz CT molecular complexity index is 653. The van der Waals surface area contributed by atoms with Gasteiger partial charge in [-0.3, -0.25) is 9.59 Å². The summed E-state index contributed by atoms with van der Waals surface area (Å²) in [6, 6.07) is 6.48. The number of benzene rings is 1. The Balaban J connectivity index is 2.17. The maximum atomic E-state index is 12.3. The number of carboxylic acid groups (broad SMARTS) is 1. The number of halogens is 1. The van der Waals surface area contributed by atoms with Crippen LogP contribution in [0.25, 0.3) is 0 Å². The van der Waals surface area contributed by atoms with Crippen molar-refractivity contribution in [3.8, 4) is 0 Å². The number of nitrogens with one attached hydrogen (secondary N) is 1. The van der Waals surface area contributed by atoms with E-state index in [1.165, 1.54) is 6.92 Å². The molecule has 0 bridgehead atoms. The van der Waals surface area contributed by atoms with Crippen molar-refractivity contribution in [1.82, 2.24) is 0 Å².